The average molecular weight is 315 g/mol. The normalized spacial score (nSPS) is 11.7. The van der Waals surface area contributed by atoms with Crippen LogP contribution in [0.1, 0.15) is 0 Å². The van der Waals surface area contributed by atoms with Crippen molar-refractivity contribution in [2.75, 3.05) is 13.0 Å². The summed E-state index contributed by atoms with van der Waals surface area (Å²) in [6.07, 6.45) is 2.35. The molecule has 0 spiro atoms. The number of hydrogen-bond donors (Lipinski definition) is 4. The molecule has 2 aromatic rings. The lowest BCUT2D eigenvalue weighted by Gasteiger charge is -2.06. The highest BCUT2D eigenvalue weighted by Crippen LogP contribution is 2.33. The van der Waals surface area contributed by atoms with Gasteiger partial charge in [0, 0.05) is 6.54 Å². The molecule has 0 aromatic carbocycles. The summed E-state index contributed by atoms with van der Waals surface area (Å²) in [7, 11) is -4.16. The Morgan fingerprint density at radius 2 is 2.19 bits per heavy atom. The van der Waals surface area contributed by atoms with Crippen molar-refractivity contribution in [1.29, 1.82) is 0 Å². The first kappa shape index (κ1) is 15.3. The Morgan fingerprint density at radius 1 is 1.43 bits per heavy atom. The number of hydrogen-bond acceptors (Lipinski definition) is 6. The molecule has 114 valence electrons. The van der Waals surface area contributed by atoms with Gasteiger partial charge in [-0.2, -0.15) is 9.98 Å². The molecule has 0 aliphatic rings. The van der Waals surface area contributed by atoms with Crippen molar-refractivity contribution in [2.24, 2.45) is 16.5 Å². The van der Waals surface area contributed by atoms with Crippen molar-refractivity contribution in [3.05, 3.63) is 12.5 Å². The minimum atomic E-state index is -4.16. The molecule has 0 radical (unpaired) electrons. The summed E-state index contributed by atoms with van der Waals surface area (Å²) in [5, 5.41) is 0. The number of fused-ring (bicyclic) bond motifs is 1. The second-order valence-corrected chi connectivity index (χ2v) is 5.64. The Balaban J connectivity index is 2.09. The summed E-state index contributed by atoms with van der Waals surface area (Å²) in [6.45, 7) is 0.410. The first-order valence-corrected chi connectivity index (χ1v) is 7.55. The standard InChI is InChI=1S/C9H14N7O4P/c10-8(11)15-9-12-3-6-7(14-9)16(4-13-6)1-2-20-5-21(17,18)19/h3-4H,1-2,5H2,(H2,17,18,19)(H4,10,11,12,14,15). The third-order valence-corrected chi connectivity index (χ3v) is 2.83. The first-order chi connectivity index (χ1) is 9.85. The van der Waals surface area contributed by atoms with Gasteiger partial charge in [-0.1, -0.05) is 0 Å². The van der Waals surface area contributed by atoms with Gasteiger partial charge in [0.1, 0.15) is 11.9 Å². The molecule has 12 heteroatoms. The molecule has 0 bridgehead atoms. The zero-order valence-corrected chi connectivity index (χ0v) is 11.7. The van der Waals surface area contributed by atoms with E-state index in [0.29, 0.717) is 17.7 Å². The van der Waals surface area contributed by atoms with Crippen molar-refractivity contribution >= 4 is 30.7 Å². The second kappa shape index (κ2) is 6.14. The van der Waals surface area contributed by atoms with E-state index in [1.807, 2.05) is 0 Å². The molecule has 0 saturated heterocycles. The minimum Gasteiger partial charge on any atom is -0.370 e. The monoisotopic (exact) mass is 315 g/mol. The summed E-state index contributed by atoms with van der Waals surface area (Å²) < 4.78 is 17.2. The van der Waals surface area contributed by atoms with E-state index in [0.717, 1.165) is 0 Å². The van der Waals surface area contributed by atoms with Gasteiger partial charge in [-0.3, -0.25) is 4.57 Å². The van der Waals surface area contributed by atoms with Gasteiger partial charge < -0.3 is 30.6 Å². The van der Waals surface area contributed by atoms with Gasteiger partial charge in [-0.25, -0.2) is 9.97 Å². The fourth-order valence-corrected chi connectivity index (χ4v) is 1.89. The smallest absolute Gasteiger partial charge is 0.350 e. The molecule has 6 N–H and O–H groups in total. The number of imidazole rings is 1. The third kappa shape index (κ3) is 4.46. The van der Waals surface area contributed by atoms with Crippen molar-refractivity contribution in [2.45, 2.75) is 6.54 Å². The highest BCUT2D eigenvalue weighted by atomic mass is 31.2. The van der Waals surface area contributed by atoms with Crippen LogP contribution in [-0.2, 0) is 15.8 Å². The van der Waals surface area contributed by atoms with E-state index in [4.69, 9.17) is 26.0 Å². The molecule has 2 heterocycles. The number of ether oxygens (including phenoxy) is 1. The molecule has 0 fully saturated rings. The highest BCUT2D eigenvalue weighted by molar-refractivity contribution is 7.51. The first-order valence-electron chi connectivity index (χ1n) is 5.75. The third-order valence-electron chi connectivity index (χ3n) is 2.31. The molecule has 2 rings (SSSR count). The Hall–Kier alpha value is -2.07. The minimum absolute atomic E-state index is 0.0954. The molecule has 0 atom stereocenters. The van der Waals surface area contributed by atoms with Crippen molar-refractivity contribution in [3.8, 4) is 0 Å². The van der Waals surface area contributed by atoms with Crippen LogP contribution in [0.15, 0.2) is 17.5 Å². The molecular formula is C9H14N7O4P. The average Bonchev–Trinajstić information content (AvgIpc) is 2.75. The molecule has 0 aliphatic carbocycles. The lowest BCUT2D eigenvalue weighted by atomic mass is 10.5. The zero-order chi connectivity index (χ0) is 15.5. The SMILES string of the molecule is NC(N)=Nc1ncc2ncn(CCOCP(=O)(O)O)c2n1. The van der Waals surface area contributed by atoms with Crippen LogP contribution in [0.3, 0.4) is 0 Å². The fraction of sp³-hybridized carbons (Fsp3) is 0.333. The molecule has 2 aromatic heterocycles. The number of aromatic nitrogens is 4. The number of guanidine groups is 1. The van der Waals surface area contributed by atoms with Gasteiger partial charge in [0.2, 0.25) is 0 Å². The molecule has 0 unspecified atom stereocenters. The van der Waals surface area contributed by atoms with Crippen LogP contribution < -0.4 is 11.5 Å². The van der Waals surface area contributed by atoms with Crippen molar-refractivity contribution < 1.29 is 19.1 Å². The van der Waals surface area contributed by atoms with Crippen LogP contribution in [0.2, 0.25) is 0 Å². The number of rotatable bonds is 6. The van der Waals surface area contributed by atoms with E-state index in [1.165, 1.54) is 12.5 Å². The largest absolute Gasteiger partial charge is 0.370 e. The van der Waals surface area contributed by atoms with Gasteiger partial charge in [0.05, 0.1) is 19.1 Å². The summed E-state index contributed by atoms with van der Waals surface area (Å²) >= 11 is 0. The topological polar surface area (TPSA) is 175 Å². The molecule has 0 aliphatic heterocycles. The van der Waals surface area contributed by atoms with Gasteiger partial charge in [-0.15, -0.1) is 0 Å². The number of nitrogens with two attached hydrogens (primary N) is 2. The molecule has 21 heavy (non-hydrogen) atoms. The van der Waals surface area contributed by atoms with E-state index in [2.05, 4.69) is 19.9 Å². The van der Waals surface area contributed by atoms with Crippen LogP contribution >= 0.6 is 7.60 Å². The lowest BCUT2D eigenvalue weighted by molar-refractivity contribution is 0.149. The van der Waals surface area contributed by atoms with E-state index in [9.17, 15) is 4.57 Å². The molecule has 11 nitrogen and oxygen atoms in total. The maximum absolute atomic E-state index is 10.6. The maximum atomic E-state index is 10.6. The zero-order valence-electron chi connectivity index (χ0n) is 10.8. The van der Waals surface area contributed by atoms with E-state index in [1.54, 1.807) is 4.57 Å². The predicted octanol–water partition coefficient (Wildman–Crippen LogP) is -1.12. The Labute approximate surface area is 118 Å². The van der Waals surface area contributed by atoms with Crippen LogP contribution in [0.4, 0.5) is 5.95 Å². The van der Waals surface area contributed by atoms with Crippen LogP contribution in [0.25, 0.3) is 11.2 Å². The van der Waals surface area contributed by atoms with Gasteiger partial charge in [-0.05, 0) is 0 Å². The predicted molar refractivity (Wildman–Crippen MR) is 73.7 cm³/mol. The summed E-state index contributed by atoms with van der Waals surface area (Å²) in [6, 6.07) is 0. The van der Waals surface area contributed by atoms with E-state index in [-0.39, 0.29) is 18.5 Å². The van der Waals surface area contributed by atoms with E-state index >= 15 is 0 Å². The van der Waals surface area contributed by atoms with Gasteiger partial charge >= 0.3 is 7.60 Å². The summed E-state index contributed by atoms with van der Waals surface area (Å²) in [5.74, 6) is -0.0641. The Kier molecular flexibility index (Phi) is 4.48. The van der Waals surface area contributed by atoms with Crippen LogP contribution in [0, 0.1) is 0 Å². The molecule has 0 saturated carbocycles. The Bertz CT molecular complexity index is 705. The molecule has 0 amide bonds. The van der Waals surface area contributed by atoms with E-state index < -0.39 is 13.9 Å². The number of aliphatic imine (C=N–C) groups is 1. The summed E-state index contributed by atoms with van der Waals surface area (Å²) in [5.41, 5.74) is 11.5. The Morgan fingerprint density at radius 3 is 2.86 bits per heavy atom. The second-order valence-electron chi connectivity index (χ2n) is 4.06. The lowest BCUT2D eigenvalue weighted by Crippen LogP contribution is -2.22. The molecular weight excluding hydrogens is 301 g/mol. The quantitative estimate of drug-likeness (QED) is 0.223. The van der Waals surface area contributed by atoms with Crippen LogP contribution in [0.5, 0.6) is 0 Å². The van der Waals surface area contributed by atoms with Gasteiger partial charge in [0.25, 0.3) is 5.95 Å². The number of nitrogens with zero attached hydrogens (tertiary/aromatic N) is 5. The summed E-state index contributed by atoms with van der Waals surface area (Å²) in [4.78, 5) is 33.2. The van der Waals surface area contributed by atoms with Crippen LogP contribution in [-0.4, -0.2) is 48.2 Å². The fourth-order valence-electron chi connectivity index (χ4n) is 1.53. The highest BCUT2D eigenvalue weighted by Gasteiger charge is 2.12. The van der Waals surface area contributed by atoms with Crippen molar-refractivity contribution in [3.63, 3.8) is 0 Å². The van der Waals surface area contributed by atoms with Crippen molar-refractivity contribution in [1.82, 2.24) is 19.5 Å². The maximum Gasteiger partial charge on any atom is 0.350 e. The van der Waals surface area contributed by atoms with Gasteiger partial charge in [0.15, 0.2) is 11.6 Å².